The molecule has 1 fully saturated rings. The lowest BCUT2D eigenvalue weighted by Gasteiger charge is -2.23. The second-order valence-electron chi connectivity index (χ2n) is 7.02. The first-order chi connectivity index (χ1) is 10.9. The molecule has 3 heterocycles. The van der Waals surface area contributed by atoms with Crippen molar-refractivity contribution in [3.8, 4) is 0 Å². The quantitative estimate of drug-likeness (QED) is 0.855. The minimum Gasteiger partial charge on any atom is -0.339 e. The molecule has 1 aliphatic rings. The van der Waals surface area contributed by atoms with Crippen LogP contribution in [-0.2, 0) is 16.6 Å². The highest BCUT2D eigenvalue weighted by Gasteiger charge is 2.30. The van der Waals surface area contributed by atoms with Gasteiger partial charge in [-0.1, -0.05) is 32.0 Å². The zero-order chi connectivity index (χ0) is 16.4. The molecule has 5 nitrogen and oxygen atoms in total. The Bertz CT molecular complexity index is 658. The molecule has 6 heteroatoms. The van der Waals surface area contributed by atoms with E-state index in [-0.39, 0.29) is 17.4 Å². The van der Waals surface area contributed by atoms with E-state index in [1.54, 1.807) is 11.3 Å². The Hall–Kier alpha value is -1.69. The van der Waals surface area contributed by atoms with Gasteiger partial charge in [-0.25, -0.2) is 0 Å². The fourth-order valence-corrected chi connectivity index (χ4v) is 3.73. The van der Waals surface area contributed by atoms with Crippen LogP contribution in [0.25, 0.3) is 0 Å². The number of carbonyl (C=O) groups excluding carboxylic acids is 1. The first-order valence-electron chi connectivity index (χ1n) is 8.11. The van der Waals surface area contributed by atoms with E-state index in [2.05, 4.69) is 21.6 Å². The highest BCUT2D eigenvalue weighted by Crippen LogP contribution is 2.34. The van der Waals surface area contributed by atoms with E-state index < -0.39 is 0 Å². The summed E-state index contributed by atoms with van der Waals surface area (Å²) in [7, 11) is 0. The van der Waals surface area contributed by atoms with Crippen LogP contribution in [-0.4, -0.2) is 27.5 Å². The maximum absolute atomic E-state index is 12.6. The van der Waals surface area contributed by atoms with Gasteiger partial charge >= 0.3 is 0 Å². The van der Waals surface area contributed by atoms with Crippen molar-refractivity contribution in [1.29, 1.82) is 0 Å². The average Bonchev–Trinajstić information content (AvgIpc) is 3.22. The van der Waals surface area contributed by atoms with Gasteiger partial charge in [-0.15, -0.1) is 11.3 Å². The van der Waals surface area contributed by atoms with Gasteiger partial charge in [-0.3, -0.25) is 4.79 Å². The largest absolute Gasteiger partial charge is 0.339 e. The Morgan fingerprint density at radius 2 is 2.30 bits per heavy atom. The van der Waals surface area contributed by atoms with Gasteiger partial charge < -0.3 is 9.42 Å². The maximum Gasteiger partial charge on any atom is 0.227 e. The molecule has 0 aromatic carbocycles. The fourth-order valence-electron chi connectivity index (χ4n) is 2.86. The van der Waals surface area contributed by atoms with Crippen molar-refractivity contribution >= 4 is 17.2 Å². The third-order valence-corrected chi connectivity index (χ3v) is 5.11. The lowest BCUT2D eigenvalue weighted by Crippen LogP contribution is -2.30. The number of hydrogen-bond donors (Lipinski definition) is 0. The number of rotatable bonds is 4. The van der Waals surface area contributed by atoms with Crippen LogP contribution in [0.5, 0.6) is 0 Å². The summed E-state index contributed by atoms with van der Waals surface area (Å²) in [6, 6.07) is 4.41. The molecule has 0 spiro atoms. The molecule has 0 saturated carbocycles. The lowest BCUT2D eigenvalue weighted by atomic mass is 9.96. The summed E-state index contributed by atoms with van der Waals surface area (Å²) in [4.78, 5) is 20.3. The number of hydrogen-bond acceptors (Lipinski definition) is 5. The molecule has 1 saturated heterocycles. The molecular weight excluding hydrogens is 310 g/mol. The summed E-state index contributed by atoms with van der Waals surface area (Å²) >= 11 is 1.73. The first-order valence-corrected chi connectivity index (χ1v) is 8.99. The van der Waals surface area contributed by atoms with Crippen LogP contribution in [0.3, 0.4) is 0 Å². The SMILES string of the molecule is CC(C)(C)c1noc(CCC(=O)N2CCCC2c2cccs2)n1. The van der Waals surface area contributed by atoms with Gasteiger partial charge in [0.1, 0.15) is 0 Å². The van der Waals surface area contributed by atoms with Gasteiger partial charge in [0.15, 0.2) is 5.82 Å². The monoisotopic (exact) mass is 333 g/mol. The number of nitrogens with zero attached hydrogens (tertiary/aromatic N) is 3. The lowest BCUT2D eigenvalue weighted by molar-refractivity contribution is -0.132. The summed E-state index contributed by atoms with van der Waals surface area (Å²) in [5.74, 6) is 1.42. The molecule has 124 valence electrons. The van der Waals surface area contributed by atoms with Gasteiger partial charge in [0.25, 0.3) is 0 Å². The number of likely N-dealkylation sites (tertiary alicyclic amines) is 1. The number of aromatic nitrogens is 2. The van der Waals surface area contributed by atoms with Crippen LogP contribution in [0, 0.1) is 0 Å². The maximum atomic E-state index is 12.6. The van der Waals surface area contributed by atoms with Gasteiger partial charge in [-0.2, -0.15) is 4.98 Å². The van der Waals surface area contributed by atoms with Gasteiger partial charge in [-0.05, 0) is 24.3 Å². The van der Waals surface area contributed by atoms with Crippen molar-refractivity contribution in [2.24, 2.45) is 0 Å². The highest BCUT2D eigenvalue weighted by atomic mass is 32.1. The predicted octanol–water partition coefficient (Wildman–Crippen LogP) is 3.72. The molecule has 0 N–H and O–H groups in total. The third-order valence-electron chi connectivity index (χ3n) is 4.14. The van der Waals surface area contributed by atoms with Gasteiger partial charge in [0.2, 0.25) is 11.8 Å². The first kappa shape index (κ1) is 16.2. The minimum atomic E-state index is -0.134. The molecule has 2 aromatic heterocycles. The Labute approximate surface area is 140 Å². The van der Waals surface area contributed by atoms with Crippen molar-refractivity contribution < 1.29 is 9.32 Å². The Balaban J connectivity index is 1.60. The molecule has 1 aliphatic heterocycles. The predicted molar refractivity (Wildman–Crippen MR) is 89.3 cm³/mol. The number of aryl methyl sites for hydroxylation is 1. The molecular formula is C17H23N3O2S. The normalized spacial score (nSPS) is 18.6. The van der Waals surface area contributed by atoms with Crippen LogP contribution in [0.15, 0.2) is 22.0 Å². The molecule has 0 bridgehead atoms. The van der Waals surface area contributed by atoms with E-state index in [1.807, 2.05) is 31.7 Å². The van der Waals surface area contributed by atoms with E-state index in [0.717, 1.165) is 19.4 Å². The zero-order valence-electron chi connectivity index (χ0n) is 13.9. The van der Waals surface area contributed by atoms with Crippen LogP contribution in [0.2, 0.25) is 0 Å². The summed E-state index contributed by atoms with van der Waals surface area (Å²) in [5.41, 5.74) is -0.134. The molecule has 1 amide bonds. The number of thiophene rings is 1. The third kappa shape index (κ3) is 3.63. The fraction of sp³-hybridized carbons (Fsp3) is 0.588. The molecule has 0 aliphatic carbocycles. The standard InChI is InChI=1S/C17H23N3O2S/c1-17(2,3)16-18-14(22-19-16)8-9-15(21)20-10-4-6-12(20)13-7-5-11-23-13/h5,7,11-12H,4,6,8-10H2,1-3H3. The molecule has 1 atom stereocenters. The number of carbonyl (C=O) groups is 1. The summed E-state index contributed by atoms with van der Waals surface area (Å²) in [6.07, 6.45) is 3.06. The highest BCUT2D eigenvalue weighted by molar-refractivity contribution is 7.10. The van der Waals surface area contributed by atoms with E-state index in [9.17, 15) is 4.79 Å². The van der Waals surface area contributed by atoms with Crippen LogP contribution in [0.1, 0.15) is 62.7 Å². The summed E-state index contributed by atoms with van der Waals surface area (Å²) in [5, 5.41) is 6.08. The molecule has 3 rings (SSSR count). The Kier molecular flexibility index (Phi) is 4.53. The summed E-state index contributed by atoms with van der Waals surface area (Å²) in [6.45, 7) is 6.98. The molecule has 1 unspecified atom stereocenters. The van der Waals surface area contributed by atoms with E-state index in [0.29, 0.717) is 24.6 Å². The Morgan fingerprint density at radius 3 is 2.96 bits per heavy atom. The van der Waals surface area contributed by atoms with Crippen molar-refractivity contribution in [3.63, 3.8) is 0 Å². The molecule has 0 radical (unpaired) electrons. The van der Waals surface area contributed by atoms with Crippen molar-refractivity contribution in [2.75, 3.05) is 6.54 Å². The molecule has 23 heavy (non-hydrogen) atoms. The van der Waals surface area contributed by atoms with Gasteiger partial charge in [0.05, 0.1) is 6.04 Å². The Morgan fingerprint density at radius 1 is 1.48 bits per heavy atom. The van der Waals surface area contributed by atoms with Crippen molar-refractivity contribution in [2.45, 2.75) is 57.9 Å². The van der Waals surface area contributed by atoms with E-state index >= 15 is 0 Å². The second kappa shape index (κ2) is 6.43. The number of amides is 1. The minimum absolute atomic E-state index is 0.134. The van der Waals surface area contributed by atoms with E-state index in [1.165, 1.54) is 4.88 Å². The smallest absolute Gasteiger partial charge is 0.227 e. The van der Waals surface area contributed by atoms with Crippen LogP contribution in [0.4, 0.5) is 0 Å². The second-order valence-corrected chi connectivity index (χ2v) is 8.00. The van der Waals surface area contributed by atoms with Crippen molar-refractivity contribution in [1.82, 2.24) is 15.0 Å². The van der Waals surface area contributed by atoms with Crippen LogP contribution < -0.4 is 0 Å². The molecule has 2 aromatic rings. The van der Waals surface area contributed by atoms with Gasteiger partial charge in [0, 0.05) is 29.7 Å². The topological polar surface area (TPSA) is 59.2 Å². The van der Waals surface area contributed by atoms with Crippen molar-refractivity contribution in [3.05, 3.63) is 34.1 Å². The van der Waals surface area contributed by atoms with Crippen LogP contribution >= 0.6 is 11.3 Å². The average molecular weight is 333 g/mol. The zero-order valence-corrected chi connectivity index (χ0v) is 14.7. The summed E-state index contributed by atoms with van der Waals surface area (Å²) < 4.78 is 5.27. The van der Waals surface area contributed by atoms with E-state index in [4.69, 9.17) is 4.52 Å².